The smallest absolute Gasteiger partial charge is 0.0970 e. The Bertz CT molecular complexity index is 42.1. The second-order valence-corrected chi connectivity index (χ2v) is 2.46. The third kappa shape index (κ3) is 0.929. The first-order valence-electron chi connectivity index (χ1n) is 1.78. The van der Waals surface area contributed by atoms with Crippen LogP contribution in [-0.2, 0) is 9.78 Å². The summed E-state index contributed by atoms with van der Waals surface area (Å²) in [6.45, 7) is 1.36. The molecule has 1 saturated heterocycles. The highest BCUT2D eigenvalue weighted by Gasteiger charge is 2.11. The fraction of sp³-hybridized carbons (Fsp3) is 1.00. The van der Waals surface area contributed by atoms with Gasteiger partial charge in [-0.2, -0.15) is 0 Å². The fourth-order valence-corrected chi connectivity index (χ4v) is 0.508. The molecule has 0 saturated carbocycles. The molecule has 0 aliphatic carbocycles. The molecule has 1 aliphatic rings. The highest BCUT2D eigenvalue weighted by Crippen LogP contribution is 2.07. The first kappa shape index (κ1) is 4.56. The Balaban J connectivity index is 2.18. The van der Waals surface area contributed by atoms with Gasteiger partial charge < -0.3 is 0 Å². The molecule has 0 N–H and O–H groups in total. The quantitative estimate of drug-likeness (QED) is 0.377. The minimum absolute atomic E-state index is 0.414. The molecule has 0 aromatic rings. The van der Waals surface area contributed by atoms with E-state index in [1.807, 2.05) is 0 Å². The lowest BCUT2D eigenvalue weighted by molar-refractivity contribution is -0.248. The first-order chi connectivity index (χ1) is 2.89. The topological polar surface area (TPSA) is 18.5 Å². The molecule has 0 unspecified atom stereocenters. The van der Waals surface area contributed by atoms with Crippen LogP contribution >= 0.6 is 15.9 Å². The largest absolute Gasteiger partial charge is 0.235 e. The highest BCUT2D eigenvalue weighted by molar-refractivity contribution is 9.09. The second kappa shape index (κ2) is 1.91. The molecular formula is C3H5BrO2. The number of hydrogen-bond donors (Lipinski definition) is 0. The number of rotatable bonds is 0. The number of halogens is 1. The molecule has 0 amide bonds. The summed E-state index contributed by atoms with van der Waals surface area (Å²) in [6, 6.07) is 0. The molecule has 0 spiro atoms. The van der Waals surface area contributed by atoms with Crippen LogP contribution in [0.5, 0.6) is 0 Å². The molecule has 0 bridgehead atoms. The van der Waals surface area contributed by atoms with Gasteiger partial charge in [0.05, 0.1) is 18.0 Å². The SMILES string of the molecule is BrC1COOC1. The summed E-state index contributed by atoms with van der Waals surface area (Å²) in [5, 5.41) is 0. The van der Waals surface area contributed by atoms with Crippen LogP contribution in [-0.4, -0.2) is 18.0 Å². The highest BCUT2D eigenvalue weighted by atomic mass is 79.9. The van der Waals surface area contributed by atoms with Crippen molar-refractivity contribution in [3.8, 4) is 0 Å². The molecule has 1 rings (SSSR count). The third-order valence-electron chi connectivity index (χ3n) is 0.581. The minimum Gasteiger partial charge on any atom is -0.235 e. The minimum atomic E-state index is 0.414. The van der Waals surface area contributed by atoms with E-state index in [1.165, 1.54) is 0 Å². The normalized spacial score (nSPS) is 25.5. The molecular weight excluding hydrogens is 148 g/mol. The lowest BCUT2D eigenvalue weighted by Gasteiger charge is -1.82. The van der Waals surface area contributed by atoms with E-state index in [2.05, 4.69) is 25.7 Å². The van der Waals surface area contributed by atoms with Crippen LogP contribution in [0.4, 0.5) is 0 Å². The van der Waals surface area contributed by atoms with Crippen LogP contribution in [0.15, 0.2) is 0 Å². The van der Waals surface area contributed by atoms with Gasteiger partial charge in [0.25, 0.3) is 0 Å². The monoisotopic (exact) mass is 152 g/mol. The van der Waals surface area contributed by atoms with Crippen LogP contribution in [0.2, 0.25) is 0 Å². The zero-order valence-corrected chi connectivity index (χ0v) is 4.77. The van der Waals surface area contributed by atoms with Crippen LogP contribution in [0.3, 0.4) is 0 Å². The van der Waals surface area contributed by atoms with Gasteiger partial charge >= 0.3 is 0 Å². The van der Waals surface area contributed by atoms with Gasteiger partial charge in [-0.3, -0.25) is 0 Å². The van der Waals surface area contributed by atoms with Crippen molar-refractivity contribution in [1.29, 1.82) is 0 Å². The van der Waals surface area contributed by atoms with Crippen molar-refractivity contribution < 1.29 is 9.78 Å². The Morgan fingerprint density at radius 2 is 1.83 bits per heavy atom. The molecule has 36 valence electrons. The first-order valence-corrected chi connectivity index (χ1v) is 2.69. The summed E-state index contributed by atoms with van der Waals surface area (Å²) in [6.07, 6.45) is 0. The predicted octanol–water partition coefficient (Wildman–Crippen LogP) is 0.712. The molecule has 0 aromatic carbocycles. The van der Waals surface area contributed by atoms with E-state index in [0.29, 0.717) is 18.0 Å². The fourth-order valence-electron chi connectivity index (χ4n) is 0.292. The molecule has 1 heterocycles. The molecule has 6 heavy (non-hydrogen) atoms. The van der Waals surface area contributed by atoms with Crippen LogP contribution in [0.25, 0.3) is 0 Å². The molecule has 0 radical (unpaired) electrons. The molecule has 2 nitrogen and oxygen atoms in total. The summed E-state index contributed by atoms with van der Waals surface area (Å²) < 4.78 is 0. The molecule has 1 aliphatic heterocycles. The van der Waals surface area contributed by atoms with E-state index in [9.17, 15) is 0 Å². The average Bonchev–Trinajstić information content (AvgIpc) is 1.86. The molecule has 3 heteroatoms. The van der Waals surface area contributed by atoms with Gasteiger partial charge in [0.2, 0.25) is 0 Å². The van der Waals surface area contributed by atoms with Crippen LogP contribution < -0.4 is 0 Å². The van der Waals surface area contributed by atoms with Gasteiger partial charge in [0.15, 0.2) is 0 Å². The van der Waals surface area contributed by atoms with Crippen molar-refractivity contribution in [1.82, 2.24) is 0 Å². The second-order valence-electron chi connectivity index (χ2n) is 1.17. The van der Waals surface area contributed by atoms with Crippen LogP contribution in [0, 0.1) is 0 Å². The average molecular weight is 153 g/mol. The Morgan fingerprint density at radius 1 is 1.33 bits per heavy atom. The van der Waals surface area contributed by atoms with E-state index in [1.54, 1.807) is 0 Å². The lowest BCUT2D eigenvalue weighted by atomic mass is 10.5. The third-order valence-corrected chi connectivity index (χ3v) is 1.11. The van der Waals surface area contributed by atoms with E-state index in [-0.39, 0.29) is 0 Å². The summed E-state index contributed by atoms with van der Waals surface area (Å²) in [5.74, 6) is 0. The maximum absolute atomic E-state index is 4.51. The van der Waals surface area contributed by atoms with Gasteiger partial charge in [0, 0.05) is 0 Å². The van der Waals surface area contributed by atoms with E-state index in [0.717, 1.165) is 0 Å². The Labute approximate surface area is 44.5 Å². The molecule has 0 aromatic heterocycles. The summed E-state index contributed by atoms with van der Waals surface area (Å²) in [4.78, 5) is 9.43. The van der Waals surface area contributed by atoms with E-state index >= 15 is 0 Å². The van der Waals surface area contributed by atoms with E-state index < -0.39 is 0 Å². The van der Waals surface area contributed by atoms with Crippen molar-refractivity contribution in [2.75, 3.05) is 13.2 Å². The Hall–Kier alpha value is 0.400. The standard InChI is InChI=1S/C3H5BrO2/c4-3-1-5-6-2-3/h3H,1-2H2. The number of alkyl halides is 1. The number of hydrogen-bond acceptors (Lipinski definition) is 2. The van der Waals surface area contributed by atoms with Crippen molar-refractivity contribution in [2.45, 2.75) is 4.83 Å². The maximum Gasteiger partial charge on any atom is 0.0970 e. The lowest BCUT2D eigenvalue weighted by Crippen LogP contribution is -1.97. The Morgan fingerprint density at radius 3 is 2.00 bits per heavy atom. The summed E-state index contributed by atoms with van der Waals surface area (Å²) in [5.41, 5.74) is 0. The van der Waals surface area contributed by atoms with Crippen molar-refractivity contribution in [2.24, 2.45) is 0 Å². The molecule has 1 fully saturated rings. The van der Waals surface area contributed by atoms with Crippen molar-refractivity contribution in [3.63, 3.8) is 0 Å². The Kier molecular flexibility index (Phi) is 1.45. The van der Waals surface area contributed by atoms with Gasteiger partial charge in [-0.1, -0.05) is 15.9 Å². The summed E-state index contributed by atoms with van der Waals surface area (Å²) >= 11 is 3.29. The molecule has 0 atom stereocenters. The zero-order chi connectivity index (χ0) is 4.41. The van der Waals surface area contributed by atoms with Gasteiger partial charge in [0.1, 0.15) is 0 Å². The van der Waals surface area contributed by atoms with Crippen LogP contribution in [0.1, 0.15) is 0 Å². The van der Waals surface area contributed by atoms with Gasteiger partial charge in [-0.05, 0) is 0 Å². The van der Waals surface area contributed by atoms with Gasteiger partial charge in [-0.15, -0.1) is 0 Å². The van der Waals surface area contributed by atoms with Crippen molar-refractivity contribution in [3.05, 3.63) is 0 Å². The maximum atomic E-state index is 4.51. The van der Waals surface area contributed by atoms with Gasteiger partial charge in [-0.25, -0.2) is 9.78 Å². The van der Waals surface area contributed by atoms with Crippen molar-refractivity contribution >= 4 is 15.9 Å². The predicted molar refractivity (Wildman–Crippen MR) is 24.6 cm³/mol. The van der Waals surface area contributed by atoms with E-state index in [4.69, 9.17) is 0 Å². The zero-order valence-electron chi connectivity index (χ0n) is 3.19. The summed E-state index contributed by atoms with van der Waals surface area (Å²) in [7, 11) is 0.